The Morgan fingerprint density at radius 3 is 2.44 bits per heavy atom. The lowest BCUT2D eigenvalue weighted by molar-refractivity contribution is -0.141. The first-order valence-corrected chi connectivity index (χ1v) is 6.11. The summed E-state index contributed by atoms with van der Waals surface area (Å²) in [6.45, 7) is 7.91. The molecule has 0 aliphatic carbocycles. The highest BCUT2D eigenvalue weighted by atomic mass is 16.5. The summed E-state index contributed by atoms with van der Waals surface area (Å²) < 4.78 is 5.49. The lowest BCUT2D eigenvalue weighted by atomic mass is 10.1. The smallest absolute Gasteiger partial charge is 0.248 e. The van der Waals surface area contributed by atoms with E-state index < -0.39 is 0 Å². The van der Waals surface area contributed by atoms with E-state index in [-0.39, 0.29) is 24.2 Å². The van der Waals surface area contributed by atoms with Crippen molar-refractivity contribution in [3.8, 4) is 0 Å². The first kappa shape index (κ1) is 14.6. The maximum absolute atomic E-state index is 12.0. The van der Waals surface area contributed by atoms with E-state index in [2.05, 4.69) is 4.98 Å². The fraction of sp³-hybridized carbons (Fsp3) is 0.571. The standard InChI is InChI=1S/C14H22N2O2/c1-11(12-6-8-15-9-7-12)16(5)13(17)10-18-14(2,3)4/h6-9,11H,10H2,1-5H3. The van der Waals surface area contributed by atoms with E-state index in [0.717, 1.165) is 5.56 Å². The Labute approximate surface area is 109 Å². The third-order valence-electron chi connectivity index (χ3n) is 2.79. The van der Waals surface area contributed by atoms with Crippen molar-refractivity contribution in [1.29, 1.82) is 0 Å². The van der Waals surface area contributed by atoms with Gasteiger partial charge in [0.15, 0.2) is 0 Å². The van der Waals surface area contributed by atoms with Crippen LogP contribution < -0.4 is 0 Å². The Morgan fingerprint density at radius 2 is 1.94 bits per heavy atom. The highest BCUT2D eigenvalue weighted by Crippen LogP contribution is 2.18. The van der Waals surface area contributed by atoms with Crippen molar-refractivity contribution in [2.24, 2.45) is 0 Å². The Balaban J connectivity index is 2.59. The van der Waals surface area contributed by atoms with Crippen molar-refractivity contribution >= 4 is 5.91 Å². The quantitative estimate of drug-likeness (QED) is 0.824. The summed E-state index contributed by atoms with van der Waals surface area (Å²) in [7, 11) is 1.79. The van der Waals surface area contributed by atoms with Crippen LogP contribution in [0.25, 0.3) is 0 Å². The van der Waals surface area contributed by atoms with E-state index in [9.17, 15) is 4.79 Å². The number of ether oxygens (including phenoxy) is 1. The van der Waals surface area contributed by atoms with E-state index in [1.807, 2.05) is 39.8 Å². The molecule has 4 heteroatoms. The van der Waals surface area contributed by atoms with Gasteiger partial charge in [0.25, 0.3) is 0 Å². The summed E-state index contributed by atoms with van der Waals surface area (Å²) >= 11 is 0. The zero-order valence-electron chi connectivity index (χ0n) is 11.8. The van der Waals surface area contributed by atoms with Crippen LogP contribution in [0, 0.1) is 0 Å². The minimum atomic E-state index is -0.295. The van der Waals surface area contributed by atoms with Gasteiger partial charge < -0.3 is 9.64 Å². The maximum atomic E-state index is 12.0. The molecule has 1 aromatic heterocycles. The fourth-order valence-electron chi connectivity index (χ4n) is 1.46. The van der Waals surface area contributed by atoms with Crippen molar-refractivity contribution in [3.05, 3.63) is 30.1 Å². The van der Waals surface area contributed by atoms with Gasteiger partial charge in [-0.15, -0.1) is 0 Å². The third-order valence-corrected chi connectivity index (χ3v) is 2.79. The number of carbonyl (C=O) groups excluding carboxylic acids is 1. The summed E-state index contributed by atoms with van der Waals surface area (Å²) in [4.78, 5) is 17.7. The van der Waals surface area contributed by atoms with Gasteiger partial charge in [-0.2, -0.15) is 0 Å². The average Bonchev–Trinajstić information content (AvgIpc) is 2.34. The number of carbonyl (C=O) groups is 1. The Kier molecular flexibility index (Phi) is 4.84. The molecule has 1 heterocycles. The second-order valence-electron chi connectivity index (χ2n) is 5.36. The third kappa shape index (κ3) is 4.45. The number of amides is 1. The fourth-order valence-corrected chi connectivity index (χ4v) is 1.46. The van der Waals surface area contributed by atoms with Gasteiger partial charge in [0.05, 0.1) is 11.6 Å². The molecule has 0 saturated heterocycles. The topological polar surface area (TPSA) is 42.4 Å². The average molecular weight is 250 g/mol. The number of nitrogens with zero attached hydrogens (tertiary/aromatic N) is 2. The molecule has 0 radical (unpaired) electrons. The molecule has 1 unspecified atom stereocenters. The first-order valence-electron chi connectivity index (χ1n) is 6.11. The van der Waals surface area contributed by atoms with Gasteiger partial charge in [-0.05, 0) is 45.4 Å². The van der Waals surface area contributed by atoms with Crippen LogP contribution in [0.15, 0.2) is 24.5 Å². The largest absolute Gasteiger partial charge is 0.366 e. The monoisotopic (exact) mass is 250 g/mol. The maximum Gasteiger partial charge on any atom is 0.248 e. The van der Waals surface area contributed by atoms with Crippen molar-refractivity contribution in [2.75, 3.05) is 13.7 Å². The molecule has 1 amide bonds. The molecule has 0 N–H and O–H groups in total. The number of hydrogen-bond acceptors (Lipinski definition) is 3. The molecular weight excluding hydrogens is 228 g/mol. The lowest BCUT2D eigenvalue weighted by Gasteiger charge is -2.27. The molecule has 0 saturated carbocycles. The molecule has 4 nitrogen and oxygen atoms in total. The molecule has 100 valence electrons. The van der Waals surface area contributed by atoms with Crippen LogP contribution in [-0.4, -0.2) is 35.0 Å². The molecule has 0 fully saturated rings. The van der Waals surface area contributed by atoms with Gasteiger partial charge in [0.2, 0.25) is 5.91 Å². The minimum Gasteiger partial charge on any atom is -0.366 e. The molecule has 0 aliphatic heterocycles. The highest BCUT2D eigenvalue weighted by Gasteiger charge is 2.19. The second kappa shape index (κ2) is 5.96. The molecule has 1 rings (SSSR count). The predicted octanol–water partition coefficient (Wildman–Crippen LogP) is 2.42. The lowest BCUT2D eigenvalue weighted by Crippen LogP contribution is -2.35. The Morgan fingerprint density at radius 1 is 1.39 bits per heavy atom. The second-order valence-corrected chi connectivity index (χ2v) is 5.36. The van der Waals surface area contributed by atoms with Crippen LogP contribution in [0.3, 0.4) is 0 Å². The van der Waals surface area contributed by atoms with E-state index in [1.54, 1.807) is 24.3 Å². The summed E-state index contributed by atoms with van der Waals surface area (Å²) in [5, 5.41) is 0. The van der Waals surface area contributed by atoms with Crippen LogP contribution in [0.2, 0.25) is 0 Å². The van der Waals surface area contributed by atoms with Gasteiger partial charge in [-0.3, -0.25) is 9.78 Å². The molecule has 0 aliphatic rings. The summed E-state index contributed by atoms with van der Waals surface area (Å²) in [6, 6.07) is 3.85. The summed E-state index contributed by atoms with van der Waals surface area (Å²) in [6.07, 6.45) is 3.46. The highest BCUT2D eigenvalue weighted by molar-refractivity contribution is 5.77. The van der Waals surface area contributed by atoms with Crippen molar-refractivity contribution < 1.29 is 9.53 Å². The SMILES string of the molecule is CC(c1ccncc1)N(C)C(=O)COC(C)(C)C. The summed E-state index contributed by atoms with van der Waals surface area (Å²) in [5.41, 5.74) is 0.771. The van der Waals surface area contributed by atoms with Crippen LogP contribution in [0.4, 0.5) is 0 Å². The van der Waals surface area contributed by atoms with Crippen LogP contribution in [0.5, 0.6) is 0 Å². The van der Waals surface area contributed by atoms with Gasteiger partial charge in [-0.1, -0.05) is 0 Å². The molecular formula is C14H22N2O2. The van der Waals surface area contributed by atoms with Gasteiger partial charge in [0.1, 0.15) is 6.61 Å². The van der Waals surface area contributed by atoms with Crippen molar-refractivity contribution in [2.45, 2.75) is 39.3 Å². The van der Waals surface area contributed by atoms with E-state index in [0.29, 0.717) is 0 Å². The normalized spacial score (nSPS) is 13.2. The molecule has 0 spiro atoms. The van der Waals surface area contributed by atoms with Crippen molar-refractivity contribution in [3.63, 3.8) is 0 Å². The number of aromatic nitrogens is 1. The zero-order chi connectivity index (χ0) is 13.8. The van der Waals surface area contributed by atoms with E-state index >= 15 is 0 Å². The Hall–Kier alpha value is -1.42. The van der Waals surface area contributed by atoms with Crippen LogP contribution >= 0.6 is 0 Å². The van der Waals surface area contributed by atoms with E-state index in [4.69, 9.17) is 4.74 Å². The van der Waals surface area contributed by atoms with Gasteiger partial charge in [0, 0.05) is 19.4 Å². The number of hydrogen-bond donors (Lipinski definition) is 0. The molecule has 1 atom stereocenters. The minimum absolute atomic E-state index is 0.0177. The predicted molar refractivity (Wildman–Crippen MR) is 71.1 cm³/mol. The molecule has 1 aromatic rings. The van der Waals surface area contributed by atoms with Gasteiger partial charge in [-0.25, -0.2) is 0 Å². The van der Waals surface area contributed by atoms with Gasteiger partial charge >= 0.3 is 0 Å². The van der Waals surface area contributed by atoms with E-state index in [1.165, 1.54) is 0 Å². The molecule has 0 bridgehead atoms. The first-order chi connectivity index (χ1) is 8.31. The number of rotatable bonds is 4. The van der Waals surface area contributed by atoms with Crippen LogP contribution in [-0.2, 0) is 9.53 Å². The van der Waals surface area contributed by atoms with Crippen LogP contribution in [0.1, 0.15) is 39.3 Å². The number of likely N-dealkylation sites (N-methyl/N-ethyl adjacent to an activating group) is 1. The number of pyridine rings is 1. The Bertz CT molecular complexity index is 385. The molecule has 18 heavy (non-hydrogen) atoms. The van der Waals surface area contributed by atoms with Crippen molar-refractivity contribution in [1.82, 2.24) is 9.88 Å². The molecule has 0 aromatic carbocycles. The summed E-state index contributed by atoms with van der Waals surface area (Å²) in [5.74, 6) is -0.0192. The zero-order valence-corrected chi connectivity index (χ0v) is 11.8.